The first-order valence-electron chi connectivity index (χ1n) is 13.1. The van der Waals surface area contributed by atoms with Crippen molar-refractivity contribution in [3.63, 3.8) is 0 Å². The number of rotatable bonds is 9. The van der Waals surface area contributed by atoms with Crippen molar-refractivity contribution in [1.29, 1.82) is 0 Å². The molecule has 2 saturated heterocycles. The number of amides is 1. The first-order valence-corrected chi connectivity index (χ1v) is 15.3. The first kappa shape index (κ1) is 28.7. The first-order chi connectivity index (χ1) is 19.0. The number of nitrogens with zero attached hydrogens (tertiary/aromatic N) is 1. The van der Waals surface area contributed by atoms with E-state index in [4.69, 9.17) is 10.5 Å². The molecule has 0 spiro atoms. The molecular weight excluding hydrogens is 604 g/mol. The third kappa shape index (κ3) is 6.07. The van der Waals surface area contributed by atoms with Gasteiger partial charge in [-0.3, -0.25) is 4.79 Å². The van der Waals surface area contributed by atoms with Crippen molar-refractivity contribution in [2.24, 2.45) is 5.73 Å². The molecule has 2 aliphatic rings. The van der Waals surface area contributed by atoms with Crippen LogP contribution in [0, 0.1) is 0 Å². The molecule has 0 saturated carbocycles. The van der Waals surface area contributed by atoms with Gasteiger partial charge >= 0.3 is 0 Å². The van der Waals surface area contributed by atoms with Crippen LogP contribution in [-0.4, -0.2) is 43.4 Å². The fraction of sp³-hybridized carbons (Fsp3) is 0.345. The molecule has 212 valence electrons. The van der Waals surface area contributed by atoms with Crippen LogP contribution in [0.25, 0.3) is 0 Å². The van der Waals surface area contributed by atoms with E-state index in [1.165, 1.54) is 53.4 Å². The largest absolute Gasteiger partial charge is 0.489 e. The van der Waals surface area contributed by atoms with Crippen LogP contribution in [0.4, 0.5) is 8.78 Å². The quantitative estimate of drug-likeness (QED) is 0.347. The van der Waals surface area contributed by atoms with E-state index in [-0.39, 0.29) is 29.6 Å². The Morgan fingerprint density at radius 3 is 2.20 bits per heavy atom. The molecule has 7 nitrogen and oxygen atoms in total. The second kappa shape index (κ2) is 11.6. The molecule has 1 amide bonds. The number of sulfonamides is 1. The SMILES string of the molecule is NC1CC2CCC(C1)N2C(=O)C(NS(=O)(=O)c1ccc(OCc2ccccc2)cc1)C(F)(F)c1ccc(Br)cc1. The van der Waals surface area contributed by atoms with E-state index in [9.17, 15) is 13.2 Å². The summed E-state index contributed by atoms with van der Waals surface area (Å²) in [6.07, 6.45) is 2.29. The Balaban J connectivity index is 1.41. The molecule has 3 aromatic rings. The molecule has 2 aliphatic heterocycles. The zero-order valence-corrected chi connectivity index (χ0v) is 24.0. The van der Waals surface area contributed by atoms with Gasteiger partial charge in [-0.15, -0.1) is 0 Å². The summed E-state index contributed by atoms with van der Waals surface area (Å²) in [5.41, 5.74) is 6.58. The lowest BCUT2D eigenvalue weighted by Crippen LogP contribution is -2.60. The number of carbonyl (C=O) groups is 1. The van der Waals surface area contributed by atoms with Gasteiger partial charge in [0.05, 0.1) is 4.90 Å². The van der Waals surface area contributed by atoms with Crippen molar-refractivity contribution in [3.05, 3.63) is 94.5 Å². The molecule has 0 aliphatic carbocycles. The number of hydrogen-bond donors (Lipinski definition) is 2. The average Bonchev–Trinajstić information content (AvgIpc) is 3.21. The highest BCUT2D eigenvalue weighted by atomic mass is 79.9. The van der Waals surface area contributed by atoms with Gasteiger partial charge in [0, 0.05) is 28.2 Å². The summed E-state index contributed by atoms with van der Waals surface area (Å²) in [6.45, 7) is 0.281. The molecular formula is C29H30BrF2N3O4S. The van der Waals surface area contributed by atoms with Crippen LogP contribution in [0.15, 0.2) is 88.2 Å². The molecule has 0 aromatic heterocycles. The smallest absolute Gasteiger partial charge is 0.298 e. The van der Waals surface area contributed by atoms with Crippen molar-refractivity contribution < 1.29 is 26.7 Å². The zero-order chi connectivity index (χ0) is 28.5. The standard InChI is InChI=1S/C29H30BrF2N3O4S/c30-21-8-6-20(7-9-21)29(31,32)27(28(36)35-23-10-11-24(35)17-22(33)16-23)34-40(37,38)26-14-12-25(13-15-26)39-18-19-4-2-1-3-5-19/h1-9,12-15,22-24,27,34H,10-11,16-18,33H2. The molecule has 3 unspecified atom stereocenters. The van der Waals surface area contributed by atoms with Crippen molar-refractivity contribution in [2.75, 3.05) is 0 Å². The minimum absolute atomic E-state index is 0.119. The lowest BCUT2D eigenvalue weighted by atomic mass is 9.95. The number of nitrogens with one attached hydrogen (secondary N) is 1. The van der Waals surface area contributed by atoms with E-state index in [2.05, 4.69) is 20.7 Å². The normalized spacial score (nSPS) is 21.7. The van der Waals surface area contributed by atoms with Crippen LogP contribution in [-0.2, 0) is 27.3 Å². The number of fused-ring (bicyclic) bond motifs is 2. The Kier molecular flexibility index (Phi) is 8.28. The molecule has 3 N–H and O–H groups in total. The van der Waals surface area contributed by atoms with E-state index in [1.807, 2.05) is 30.3 Å². The van der Waals surface area contributed by atoms with Crippen LogP contribution in [0.5, 0.6) is 5.75 Å². The summed E-state index contributed by atoms with van der Waals surface area (Å²) in [6, 6.07) is 17.0. The van der Waals surface area contributed by atoms with Gasteiger partial charge in [-0.05, 0) is 67.6 Å². The Morgan fingerprint density at radius 1 is 1.00 bits per heavy atom. The van der Waals surface area contributed by atoms with Crippen molar-refractivity contribution in [3.8, 4) is 5.75 Å². The maximum Gasteiger partial charge on any atom is 0.298 e. The molecule has 3 atom stereocenters. The van der Waals surface area contributed by atoms with E-state index >= 15 is 8.78 Å². The number of halogens is 3. The number of alkyl halides is 2. The third-order valence-electron chi connectivity index (χ3n) is 7.52. The predicted molar refractivity (Wildman–Crippen MR) is 150 cm³/mol. The average molecular weight is 635 g/mol. The number of hydrogen-bond acceptors (Lipinski definition) is 5. The van der Waals surface area contributed by atoms with Gasteiger partial charge in [0.25, 0.3) is 5.92 Å². The van der Waals surface area contributed by atoms with Gasteiger partial charge in [0.1, 0.15) is 12.4 Å². The molecule has 2 fully saturated rings. The maximum atomic E-state index is 16.0. The predicted octanol–water partition coefficient (Wildman–Crippen LogP) is 4.95. The van der Waals surface area contributed by atoms with Gasteiger partial charge in [-0.25, -0.2) is 8.42 Å². The second-order valence-electron chi connectivity index (χ2n) is 10.3. The van der Waals surface area contributed by atoms with E-state index < -0.39 is 33.5 Å². The lowest BCUT2D eigenvalue weighted by molar-refractivity contribution is -0.149. The Hall–Kier alpha value is -2.86. The molecule has 2 bridgehead atoms. The van der Waals surface area contributed by atoms with E-state index in [0.29, 0.717) is 35.9 Å². The number of nitrogens with two attached hydrogens (primary N) is 1. The number of carbonyl (C=O) groups excluding carboxylic acids is 1. The summed E-state index contributed by atoms with van der Waals surface area (Å²) in [4.78, 5) is 15.0. The monoisotopic (exact) mass is 633 g/mol. The van der Waals surface area contributed by atoms with Gasteiger partial charge in [0.15, 0.2) is 6.04 Å². The summed E-state index contributed by atoms with van der Waals surface area (Å²) >= 11 is 3.23. The number of ether oxygens (including phenoxy) is 1. The summed E-state index contributed by atoms with van der Waals surface area (Å²) in [5.74, 6) is -4.36. The van der Waals surface area contributed by atoms with Gasteiger partial charge in [0.2, 0.25) is 15.9 Å². The van der Waals surface area contributed by atoms with Crippen LogP contribution >= 0.6 is 15.9 Å². The summed E-state index contributed by atoms with van der Waals surface area (Å²) in [5, 5.41) is 0. The molecule has 40 heavy (non-hydrogen) atoms. The van der Waals surface area contributed by atoms with Crippen LogP contribution in [0.2, 0.25) is 0 Å². The molecule has 2 heterocycles. The lowest BCUT2D eigenvalue weighted by Gasteiger charge is -2.41. The molecule has 3 aromatic carbocycles. The molecule has 0 radical (unpaired) electrons. The van der Waals surface area contributed by atoms with Crippen molar-refractivity contribution in [2.45, 2.75) is 67.3 Å². The van der Waals surface area contributed by atoms with Crippen LogP contribution in [0.3, 0.4) is 0 Å². The van der Waals surface area contributed by atoms with Gasteiger partial charge < -0.3 is 15.4 Å². The van der Waals surface area contributed by atoms with Crippen molar-refractivity contribution >= 4 is 31.9 Å². The fourth-order valence-electron chi connectivity index (χ4n) is 5.53. The zero-order valence-electron chi connectivity index (χ0n) is 21.6. The summed E-state index contributed by atoms with van der Waals surface area (Å²) < 4.78 is 67.2. The minimum atomic E-state index is -4.52. The topological polar surface area (TPSA) is 102 Å². The van der Waals surface area contributed by atoms with E-state index in [0.717, 1.165) is 5.56 Å². The second-order valence-corrected chi connectivity index (χ2v) is 12.9. The highest BCUT2D eigenvalue weighted by molar-refractivity contribution is 9.10. The molecule has 5 rings (SSSR count). The third-order valence-corrected chi connectivity index (χ3v) is 9.49. The van der Waals surface area contributed by atoms with Gasteiger partial charge in [-0.2, -0.15) is 13.5 Å². The Bertz CT molecular complexity index is 1430. The Labute approximate surface area is 240 Å². The minimum Gasteiger partial charge on any atom is -0.489 e. The van der Waals surface area contributed by atoms with Crippen LogP contribution in [0.1, 0.15) is 36.8 Å². The van der Waals surface area contributed by atoms with Crippen molar-refractivity contribution in [1.82, 2.24) is 9.62 Å². The maximum absolute atomic E-state index is 16.0. The van der Waals surface area contributed by atoms with Gasteiger partial charge in [-0.1, -0.05) is 58.4 Å². The van der Waals surface area contributed by atoms with E-state index in [1.54, 1.807) is 0 Å². The molecule has 11 heteroatoms. The van der Waals surface area contributed by atoms with Crippen LogP contribution < -0.4 is 15.2 Å². The number of piperidine rings is 1. The fourth-order valence-corrected chi connectivity index (χ4v) is 6.98. The Morgan fingerprint density at radius 2 is 1.60 bits per heavy atom. The highest BCUT2D eigenvalue weighted by Crippen LogP contribution is 2.40. The highest BCUT2D eigenvalue weighted by Gasteiger charge is 2.53. The number of benzene rings is 3. The summed E-state index contributed by atoms with van der Waals surface area (Å²) in [7, 11) is -4.52.